The Hall–Kier alpha value is -2.81. The summed E-state index contributed by atoms with van der Waals surface area (Å²) in [5.74, 6) is -0.0690. The van der Waals surface area contributed by atoms with Crippen LogP contribution in [0.2, 0.25) is 0 Å². The number of hydrogen-bond acceptors (Lipinski definition) is 5. The Kier molecular flexibility index (Phi) is 5.80. The third kappa shape index (κ3) is 4.51. The second-order valence-corrected chi connectivity index (χ2v) is 11.3. The molecule has 3 N–H and O–H groups in total. The standard InChI is InChI=1S/C25H29N3O4S/c1-24(2,3)25(30)13-15-28(16-14-25)23(29)19-9-7-17(8-10-19)20-12-11-18-5-4-6-21(22(18)27-20)33(26,31)32/h4-12,30H,13-16H2,1-3H3,(H2,26,31,32). The molecule has 0 unspecified atom stereocenters. The maximum Gasteiger partial charge on any atom is 0.253 e. The Morgan fingerprint density at radius 2 is 1.67 bits per heavy atom. The van der Waals surface area contributed by atoms with Gasteiger partial charge in [-0.15, -0.1) is 0 Å². The smallest absolute Gasteiger partial charge is 0.253 e. The van der Waals surface area contributed by atoms with Crippen molar-refractivity contribution in [1.82, 2.24) is 9.88 Å². The summed E-state index contributed by atoms with van der Waals surface area (Å²) in [4.78, 5) is 19.3. The molecule has 0 atom stereocenters. The summed E-state index contributed by atoms with van der Waals surface area (Å²) < 4.78 is 23.9. The second kappa shape index (κ2) is 8.20. The number of sulfonamides is 1. The zero-order chi connectivity index (χ0) is 24.0. The Morgan fingerprint density at radius 3 is 2.24 bits per heavy atom. The van der Waals surface area contributed by atoms with Gasteiger partial charge < -0.3 is 10.0 Å². The summed E-state index contributed by atoms with van der Waals surface area (Å²) in [6.45, 7) is 7.09. The van der Waals surface area contributed by atoms with E-state index in [0.717, 1.165) is 5.56 Å². The van der Waals surface area contributed by atoms with Crippen molar-refractivity contribution < 1.29 is 18.3 Å². The number of primary sulfonamides is 1. The SMILES string of the molecule is CC(C)(C)C1(O)CCN(C(=O)c2ccc(-c3ccc4cccc(S(N)(=O)=O)c4n3)cc2)CC1. The number of piperidine rings is 1. The van der Waals surface area contributed by atoms with Gasteiger partial charge in [0.25, 0.3) is 5.91 Å². The Bertz CT molecular complexity index is 1300. The number of benzene rings is 2. The van der Waals surface area contributed by atoms with Crippen LogP contribution in [0.1, 0.15) is 44.0 Å². The molecule has 0 bridgehead atoms. The first kappa shape index (κ1) is 23.4. The van der Waals surface area contributed by atoms with Crippen LogP contribution in [0.15, 0.2) is 59.5 Å². The van der Waals surface area contributed by atoms with Gasteiger partial charge in [-0.1, -0.05) is 51.1 Å². The van der Waals surface area contributed by atoms with Gasteiger partial charge in [-0.25, -0.2) is 18.5 Å². The van der Waals surface area contributed by atoms with E-state index in [4.69, 9.17) is 5.14 Å². The van der Waals surface area contributed by atoms with Gasteiger partial charge in [0, 0.05) is 29.6 Å². The fourth-order valence-corrected chi connectivity index (χ4v) is 5.01. The molecule has 4 rings (SSSR count). The molecule has 1 aliphatic heterocycles. The van der Waals surface area contributed by atoms with E-state index in [9.17, 15) is 18.3 Å². The van der Waals surface area contributed by atoms with Crippen molar-refractivity contribution in [3.05, 3.63) is 60.2 Å². The molecule has 8 heteroatoms. The maximum atomic E-state index is 13.0. The van der Waals surface area contributed by atoms with Gasteiger partial charge in [-0.3, -0.25) is 4.79 Å². The normalized spacial score (nSPS) is 16.7. The largest absolute Gasteiger partial charge is 0.389 e. The van der Waals surface area contributed by atoms with Crippen LogP contribution < -0.4 is 5.14 Å². The molecule has 174 valence electrons. The van der Waals surface area contributed by atoms with Crippen LogP contribution in [0.5, 0.6) is 0 Å². The number of fused-ring (bicyclic) bond motifs is 1. The van der Waals surface area contributed by atoms with Crippen LogP contribution in [0.4, 0.5) is 0 Å². The minimum atomic E-state index is -3.91. The summed E-state index contributed by atoms with van der Waals surface area (Å²) in [5.41, 5.74) is 1.22. The molecule has 1 aliphatic rings. The first-order chi connectivity index (χ1) is 15.4. The number of nitrogens with zero attached hydrogens (tertiary/aromatic N) is 2. The summed E-state index contributed by atoms with van der Waals surface area (Å²) in [6, 6.07) is 15.6. The van der Waals surface area contributed by atoms with Crippen LogP contribution in [-0.4, -0.2) is 48.0 Å². The summed E-state index contributed by atoms with van der Waals surface area (Å²) in [6.07, 6.45) is 1.10. The Balaban J connectivity index is 1.56. The van der Waals surface area contributed by atoms with E-state index in [1.54, 1.807) is 47.4 Å². The highest BCUT2D eigenvalue weighted by Gasteiger charge is 2.43. The van der Waals surface area contributed by atoms with Crippen molar-refractivity contribution in [3.8, 4) is 11.3 Å². The number of para-hydroxylation sites is 1. The molecule has 1 amide bonds. The second-order valence-electron chi connectivity index (χ2n) is 9.72. The number of rotatable bonds is 3. The predicted molar refractivity (Wildman–Crippen MR) is 128 cm³/mol. The highest BCUT2D eigenvalue weighted by atomic mass is 32.2. The zero-order valence-electron chi connectivity index (χ0n) is 19.1. The highest BCUT2D eigenvalue weighted by molar-refractivity contribution is 7.89. The van der Waals surface area contributed by atoms with E-state index in [0.29, 0.717) is 48.1 Å². The minimum Gasteiger partial charge on any atom is -0.389 e. The van der Waals surface area contributed by atoms with Crippen molar-refractivity contribution in [2.24, 2.45) is 10.6 Å². The van der Waals surface area contributed by atoms with Crippen LogP contribution in [0.25, 0.3) is 22.2 Å². The third-order valence-corrected chi connectivity index (χ3v) is 7.63. The lowest BCUT2D eigenvalue weighted by molar-refractivity contribution is -0.0940. The van der Waals surface area contributed by atoms with Crippen molar-refractivity contribution in [2.75, 3.05) is 13.1 Å². The molecule has 0 spiro atoms. The Morgan fingerprint density at radius 1 is 1.03 bits per heavy atom. The maximum absolute atomic E-state index is 13.0. The van der Waals surface area contributed by atoms with E-state index in [1.807, 2.05) is 26.8 Å². The summed E-state index contributed by atoms with van der Waals surface area (Å²) in [5, 5.41) is 16.9. The van der Waals surface area contributed by atoms with E-state index < -0.39 is 15.6 Å². The van der Waals surface area contributed by atoms with Crippen molar-refractivity contribution in [2.45, 2.75) is 44.1 Å². The molecule has 2 heterocycles. The average molecular weight is 468 g/mol. The van der Waals surface area contributed by atoms with E-state index in [-0.39, 0.29) is 16.2 Å². The van der Waals surface area contributed by atoms with Gasteiger partial charge in [0.1, 0.15) is 4.90 Å². The Labute approximate surface area is 194 Å². The molecule has 7 nitrogen and oxygen atoms in total. The lowest BCUT2D eigenvalue weighted by atomic mass is 9.71. The van der Waals surface area contributed by atoms with Gasteiger partial charge in [0.15, 0.2) is 0 Å². The van der Waals surface area contributed by atoms with Crippen LogP contribution in [0, 0.1) is 5.41 Å². The van der Waals surface area contributed by atoms with Gasteiger partial charge in [0.05, 0.1) is 16.8 Å². The monoisotopic (exact) mass is 467 g/mol. The fraction of sp³-hybridized carbons (Fsp3) is 0.360. The number of hydrogen-bond donors (Lipinski definition) is 2. The number of amides is 1. The van der Waals surface area contributed by atoms with Gasteiger partial charge in [-0.05, 0) is 42.5 Å². The first-order valence-corrected chi connectivity index (χ1v) is 12.5. The first-order valence-electron chi connectivity index (χ1n) is 10.9. The molecule has 33 heavy (non-hydrogen) atoms. The zero-order valence-corrected chi connectivity index (χ0v) is 19.9. The van der Waals surface area contributed by atoms with Gasteiger partial charge in [-0.2, -0.15) is 0 Å². The molecular weight excluding hydrogens is 438 g/mol. The molecule has 1 aromatic heterocycles. The van der Waals surface area contributed by atoms with E-state index in [2.05, 4.69) is 4.98 Å². The minimum absolute atomic E-state index is 0.0195. The number of nitrogens with two attached hydrogens (primary N) is 1. The molecule has 3 aromatic rings. The molecule has 0 saturated carbocycles. The van der Waals surface area contributed by atoms with Crippen LogP contribution in [0.3, 0.4) is 0 Å². The highest BCUT2D eigenvalue weighted by Crippen LogP contribution is 2.39. The summed E-state index contributed by atoms with van der Waals surface area (Å²) >= 11 is 0. The molecule has 0 radical (unpaired) electrons. The molecular formula is C25H29N3O4S. The third-order valence-electron chi connectivity index (χ3n) is 6.69. The topological polar surface area (TPSA) is 114 Å². The van der Waals surface area contributed by atoms with Crippen molar-refractivity contribution >= 4 is 26.8 Å². The van der Waals surface area contributed by atoms with Crippen LogP contribution in [-0.2, 0) is 10.0 Å². The number of likely N-dealkylation sites (tertiary alicyclic amines) is 1. The average Bonchev–Trinajstić information content (AvgIpc) is 2.77. The molecule has 1 saturated heterocycles. The number of carbonyl (C=O) groups excluding carboxylic acids is 1. The van der Waals surface area contributed by atoms with Crippen molar-refractivity contribution in [3.63, 3.8) is 0 Å². The predicted octanol–water partition coefficient (Wildman–Crippen LogP) is 3.56. The van der Waals surface area contributed by atoms with Crippen LogP contribution >= 0.6 is 0 Å². The van der Waals surface area contributed by atoms with Gasteiger partial charge in [0.2, 0.25) is 10.0 Å². The van der Waals surface area contributed by atoms with E-state index >= 15 is 0 Å². The number of aromatic nitrogens is 1. The number of aliphatic hydroxyl groups is 1. The van der Waals surface area contributed by atoms with Gasteiger partial charge >= 0.3 is 0 Å². The quantitative estimate of drug-likeness (QED) is 0.611. The van der Waals surface area contributed by atoms with Crippen molar-refractivity contribution in [1.29, 1.82) is 0 Å². The lowest BCUT2D eigenvalue weighted by Gasteiger charge is -2.46. The lowest BCUT2D eigenvalue weighted by Crippen LogP contribution is -2.53. The molecule has 0 aliphatic carbocycles. The molecule has 2 aromatic carbocycles. The van der Waals surface area contributed by atoms with E-state index in [1.165, 1.54) is 6.07 Å². The fourth-order valence-electron chi connectivity index (χ4n) is 4.31. The number of carbonyl (C=O) groups is 1. The molecule has 1 fully saturated rings. The summed E-state index contributed by atoms with van der Waals surface area (Å²) in [7, 11) is -3.91. The number of pyridine rings is 1.